The minimum absolute atomic E-state index is 1.29. The van der Waals surface area contributed by atoms with Crippen molar-refractivity contribution in [3.05, 3.63) is 154 Å². The number of thiophene rings is 1. The molecule has 0 atom stereocenters. The topological polar surface area (TPSA) is 0 Å². The van der Waals surface area contributed by atoms with Crippen LogP contribution in [0, 0.1) is 41.5 Å². The van der Waals surface area contributed by atoms with Crippen molar-refractivity contribution >= 4 is 53.7 Å². The van der Waals surface area contributed by atoms with Gasteiger partial charge in [0.25, 0.3) is 0 Å². The summed E-state index contributed by atoms with van der Waals surface area (Å²) in [6, 6.07) is 44.1. The third kappa shape index (κ3) is 4.25. The van der Waals surface area contributed by atoms with E-state index in [0.29, 0.717) is 0 Å². The van der Waals surface area contributed by atoms with Crippen molar-refractivity contribution in [2.45, 2.75) is 41.5 Å². The maximum Gasteiger partial charge on any atom is 0.0427 e. The molecule has 0 unspecified atom stereocenters. The highest BCUT2D eigenvalue weighted by molar-refractivity contribution is 7.18. The fraction of sp³-hybridized carbons (Fsp3) is 0.120. The predicted molar refractivity (Wildman–Crippen MR) is 224 cm³/mol. The minimum atomic E-state index is 1.29. The zero-order valence-corrected chi connectivity index (χ0v) is 30.8. The van der Waals surface area contributed by atoms with Crippen molar-refractivity contribution in [1.29, 1.82) is 0 Å². The van der Waals surface area contributed by atoms with Crippen molar-refractivity contribution in [3.63, 3.8) is 0 Å². The van der Waals surface area contributed by atoms with E-state index in [-0.39, 0.29) is 0 Å². The van der Waals surface area contributed by atoms with Crippen molar-refractivity contribution in [1.82, 2.24) is 0 Å². The van der Waals surface area contributed by atoms with E-state index in [2.05, 4.69) is 162 Å². The van der Waals surface area contributed by atoms with Crippen LogP contribution in [0.2, 0.25) is 0 Å². The van der Waals surface area contributed by atoms with Crippen LogP contribution in [0.15, 0.2) is 121 Å². The van der Waals surface area contributed by atoms with Crippen LogP contribution in [0.3, 0.4) is 0 Å². The summed E-state index contributed by atoms with van der Waals surface area (Å²) < 4.78 is 1.36. The fourth-order valence-corrected chi connectivity index (χ4v) is 10.7. The van der Waals surface area contributed by atoms with Gasteiger partial charge in [0, 0.05) is 15.6 Å². The molecular formula is C50H38S. The first kappa shape index (κ1) is 30.3. The van der Waals surface area contributed by atoms with Gasteiger partial charge >= 0.3 is 0 Å². The van der Waals surface area contributed by atoms with Gasteiger partial charge in [-0.15, -0.1) is 11.3 Å². The predicted octanol–water partition coefficient (Wildman–Crippen LogP) is 14.9. The van der Waals surface area contributed by atoms with Crippen LogP contribution in [0.1, 0.15) is 33.4 Å². The van der Waals surface area contributed by atoms with Crippen LogP contribution < -0.4 is 0 Å². The van der Waals surface area contributed by atoms with E-state index in [0.717, 1.165) is 0 Å². The van der Waals surface area contributed by atoms with Gasteiger partial charge in [0.15, 0.2) is 0 Å². The monoisotopic (exact) mass is 670 g/mol. The number of fused-ring (bicyclic) bond motifs is 7. The summed E-state index contributed by atoms with van der Waals surface area (Å²) in [5, 5.41) is 11.5. The van der Waals surface area contributed by atoms with Gasteiger partial charge in [-0.3, -0.25) is 0 Å². The molecule has 1 aromatic heterocycles. The molecule has 0 fully saturated rings. The molecule has 0 aliphatic heterocycles. The number of hydrogen-bond acceptors (Lipinski definition) is 1. The molecule has 0 spiro atoms. The Morgan fingerprint density at radius 3 is 1.47 bits per heavy atom. The molecule has 0 saturated heterocycles. The molecule has 1 heterocycles. The van der Waals surface area contributed by atoms with Crippen LogP contribution in [-0.2, 0) is 0 Å². The normalized spacial score (nSPS) is 12.1. The highest BCUT2D eigenvalue weighted by atomic mass is 32.1. The maximum absolute atomic E-state index is 2.44. The molecule has 0 nitrogen and oxygen atoms in total. The van der Waals surface area contributed by atoms with Crippen LogP contribution in [0.5, 0.6) is 0 Å². The average molecular weight is 671 g/mol. The molecule has 0 bridgehead atoms. The molecule has 8 aromatic carbocycles. The van der Waals surface area contributed by atoms with Gasteiger partial charge in [0.1, 0.15) is 0 Å². The summed E-state index contributed by atoms with van der Waals surface area (Å²) in [6.07, 6.45) is 0. The molecule has 1 heteroatoms. The molecule has 51 heavy (non-hydrogen) atoms. The average Bonchev–Trinajstić information content (AvgIpc) is 3.73. The molecule has 1 aliphatic carbocycles. The van der Waals surface area contributed by atoms with Crippen LogP contribution in [-0.4, -0.2) is 0 Å². The Hall–Kier alpha value is -5.50. The smallest absolute Gasteiger partial charge is 0.0427 e. The lowest BCUT2D eigenvalue weighted by Crippen LogP contribution is -1.99. The van der Waals surface area contributed by atoms with Crippen LogP contribution >= 0.6 is 11.3 Å². The minimum Gasteiger partial charge on any atom is -0.143 e. The molecular weight excluding hydrogens is 633 g/mol. The maximum atomic E-state index is 2.44. The highest BCUT2D eigenvalue weighted by Crippen LogP contribution is 2.60. The summed E-state index contributed by atoms with van der Waals surface area (Å²) in [7, 11) is 0. The molecule has 0 amide bonds. The van der Waals surface area contributed by atoms with E-state index < -0.39 is 0 Å². The van der Waals surface area contributed by atoms with Gasteiger partial charge in [-0.05, 0) is 164 Å². The second kappa shape index (κ2) is 11.0. The Bertz CT molecular complexity index is 2810. The molecule has 0 radical (unpaired) electrons. The Morgan fingerprint density at radius 2 is 0.863 bits per heavy atom. The van der Waals surface area contributed by atoms with Crippen molar-refractivity contribution in [2.75, 3.05) is 0 Å². The summed E-state index contributed by atoms with van der Waals surface area (Å²) >= 11 is 1.85. The number of benzene rings is 8. The summed E-state index contributed by atoms with van der Waals surface area (Å²) in [5.74, 6) is 0. The summed E-state index contributed by atoms with van der Waals surface area (Å²) in [5.41, 5.74) is 21.4. The van der Waals surface area contributed by atoms with E-state index in [4.69, 9.17) is 0 Å². The molecule has 0 N–H and O–H groups in total. The molecule has 10 rings (SSSR count). The first-order valence-electron chi connectivity index (χ1n) is 18.0. The lowest BCUT2D eigenvalue weighted by molar-refractivity contribution is 1.32. The summed E-state index contributed by atoms with van der Waals surface area (Å²) in [4.78, 5) is 0. The van der Waals surface area contributed by atoms with Gasteiger partial charge in [-0.25, -0.2) is 0 Å². The van der Waals surface area contributed by atoms with E-state index >= 15 is 0 Å². The van der Waals surface area contributed by atoms with Gasteiger partial charge in [0.2, 0.25) is 0 Å². The van der Waals surface area contributed by atoms with Crippen molar-refractivity contribution < 1.29 is 0 Å². The van der Waals surface area contributed by atoms with Crippen molar-refractivity contribution in [3.8, 4) is 55.6 Å². The third-order valence-corrected chi connectivity index (χ3v) is 12.3. The highest BCUT2D eigenvalue weighted by Gasteiger charge is 2.33. The Morgan fingerprint density at radius 1 is 0.353 bits per heavy atom. The van der Waals surface area contributed by atoms with E-state index in [1.165, 1.54) is 131 Å². The SMILES string of the molecule is Cc1cc(C)c(-c2c3c(c(-c4c(C)cc(C)cc4C)c4ccccc24)-c2ccc(-c4cc5ccccc5c5ccsc45)c4cccc-3c24)c(C)c1. The molecule has 9 aromatic rings. The van der Waals surface area contributed by atoms with Gasteiger partial charge < -0.3 is 0 Å². The fourth-order valence-electron chi connectivity index (χ4n) is 9.72. The Kier molecular flexibility index (Phi) is 6.54. The van der Waals surface area contributed by atoms with Crippen molar-refractivity contribution in [2.24, 2.45) is 0 Å². The number of hydrogen-bond donors (Lipinski definition) is 0. The Labute approximate surface area is 303 Å². The molecule has 0 saturated carbocycles. The van der Waals surface area contributed by atoms with Gasteiger partial charge in [0.05, 0.1) is 0 Å². The van der Waals surface area contributed by atoms with E-state index in [1.807, 2.05) is 11.3 Å². The first-order chi connectivity index (χ1) is 24.8. The Balaban J connectivity index is 1.40. The zero-order valence-electron chi connectivity index (χ0n) is 30.0. The molecule has 244 valence electrons. The lowest BCUT2D eigenvalue weighted by atomic mass is 9.79. The van der Waals surface area contributed by atoms with E-state index in [9.17, 15) is 0 Å². The van der Waals surface area contributed by atoms with Crippen LogP contribution in [0.25, 0.3) is 98.0 Å². The first-order valence-corrected chi connectivity index (χ1v) is 18.9. The number of rotatable bonds is 3. The molecule has 1 aliphatic rings. The van der Waals surface area contributed by atoms with Crippen LogP contribution in [0.4, 0.5) is 0 Å². The number of aryl methyl sites for hydroxylation is 6. The van der Waals surface area contributed by atoms with Gasteiger partial charge in [-0.2, -0.15) is 0 Å². The summed E-state index contributed by atoms with van der Waals surface area (Å²) in [6.45, 7) is 13.6. The lowest BCUT2D eigenvalue weighted by Gasteiger charge is -2.24. The standard InChI is InChI=1S/C50H38S/c1-27-22-29(3)43(30(4)23-27)46-37-14-9-10-15-38(37)47(44-31(5)24-28(2)25-32(44)6)49-41-19-18-35(36-16-11-17-40(45(36)41)48(46)49)42-26-33-12-7-8-13-34(33)39-20-21-51-50(39)42/h7-26H,1-6H3. The quantitative estimate of drug-likeness (QED) is 0.175. The van der Waals surface area contributed by atoms with E-state index in [1.54, 1.807) is 0 Å². The largest absolute Gasteiger partial charge is 0.143 e. The van der Waals surface area contributed by atoms with Gasteiger partial charge in [-0.1, -0.05) is 114 Å². The second-order valence-corrected chi connectivity index (χ2v) is 15.7. The zero-order chi connectivity index (χ0) is 34.7. The third-order valence-electron chi connectivity index (χ3n) is 11.4. The second-order valence-electron chi connectivity index (χ2n) is 14.8.